The molecule has 1 heterocycles. The lowest BCUT2D eigenvalue weighted by Gasteiger charge is -2.18. The molecule has 0 radical (unpaired) electrons. The van der Waals surface area contributed by atoms with Crippen molar-refractivity contribution < 1.29 is 8.42 Å². The van der Waals surface area contributed by atoms with Crippen LogP contribution in [0.1, 0.15) is 26.0 Å². The van der Waals surface area contributed by atoms with Gasteiger partial charge in [-0.3, -0.25) is 9.71 Å². The molecular weight excluding hydrogens is 276 g/mol. The van der Waals surface area contributed by atoms with Gasteiger partial charge in [0.05, 0.1) is 11.9 Å². The highest BCUT2D eigenvalue weighted by Gasteiger charge is 2.17. The molecule has 0 aliphatic carbocycles. The Kier molecular flexibility index (Phi) is 6.38. The molecule has 0 bridgehead atoms. The molecule has 0 spiro atoms. The van der Waals surface area contributed by atoms with Crippen molar-refractivity contribution in [2.75, 3.05) is 24.9 Å². The van der Waals surface area contributed by atoms with E-state index in [0.29, 0.717) is 18.3 Å². The van der Waals surface area contributed by atoms with Crippen molar-refractivity contribution in [3.05, 3.63) is 24.0 Å². The van der Waals surface area contributed by atoms with Crippen LogP contribution in [0, 0.1) is 6.92 Å². The van der Waals surface area contributed by atoms with Crippen LogP contribution in [0.25, 0.3) is 0 Å². The minimum atomic E-state index is -3.51. The van der Waals surface area contributed by atoms with Crippen molar-refractivity contribution in [2.24, 2.45) is 0 Å². The lowest BCUT2D eigenvalue weighted by Crippen LogP contribution is -2.35. The summed E-state index contributed by atoms with van der Waals surface area (Å²) in [6.07, 6.45) is 2.28. The van der Waals surface area contributed by atoms with Gasteiger partial charge < -0.3 is 5.32 Å². The molecule has 0 aromatic carbocycles. The maximum absolute atomic E-state index is 12.1. The first-order valence-electron chi connectivity index (χ1n) is 6.71. The molecule has 0 saturated heterocycles. The zero-order valence-electron chi connectivity index (χ0n) is 12.5. The van der Waals surface area contributed by atoms with Crippen LogP contribution in [0.4, 0.5) is 5.69 Å². The highest BCUT2D eigenvalue weighted by atomic mass is 32.2. The Labute approximate surface area is 121 Å². The molecule has 0 aliphatic rings. The molecule has 114 valence electrons. The molecule has 6 nitrogen and oxygen atoms in total. The standard InChI is InChI=1S/C13H24N4O2S/c1-11(2)14-8-5-9-17(4)20(18,19)16-13-7-6-12(3)15-10-13/h6-7,10-11,14,16H,5,8-9H2,1-4H3. The predicted octanol–water partition coefficient (Wildman–Crippen LogP) is 1.37. The van der Waals surface area contributed by atoms with Crippen molar-refractivity contribution in [1.29, 1.82) is 0 Å². The SMILES string of the molecule is Cc1ccc(NS(=O)(=O)N(C)CCCNC(C)C)cn1. The van der Waals surface area contributed by atoms with Crippen LogP contribution in [0.15, 0.2) is 18.3 Å². The fourth-order valence-corrected chi connectivity index (χ4v) is 2.51. The van der Waals surface area contributed by atoms with E-state index in [0.717, 1.165) is 18.7 Å². The molecule has 0 atom stereocenters. The van der Waals surface area contributed by atoms with Crippen LogP contribution in [0.5, 0.6) is 0 Å². The summed E-state index contributed by atoms with van der Waals surface area (Å²) >= 11 is 0. The van der Waals surface area contributed by atoms with Crippen LogP contribution >= 0.6 is 0 Å². The maximum atomic E-state index is 12.1. The summed E-state index contributed by atoms with van der Waals surface area (Å²) in [5, 5.41) is 3.26. The largest absolute Gasteiger partial charge is 0.314 e. The fourth-order valence-electron chi connectivity index (χ4n) is 1.57. The fraction of sp³-hybridized carbons (Fsp3) is 0.615. The average Bonchev–Trinajstić information content (AvgIpc) is 2.36. The molecule has 2 N–H and O–H groups in total. The molecule has 1 aromatic heterocycles. The second-order valence-corrected chi connectivity index (χ2v) is 6.86. The van der Waals surface area contributed by atoms with Gasteiger partial charge in [0, 0.05) is 25.3 Å². The van der Waals surface area contributed by atoms with Gasteiger partial charge >= 0.3 is 10.2 Å². The number of aromatic nitrogens is 1. The Morgan fingerprint density at radius 3 is 2.60 bits per heavy atom. The van der Waals surface area contributed by atoms with Crippen molar-refractivity contribution in [3.63, 3.8) is 0 Å². The van der Waals surface area contributed by atoms with Gasteiger partial charge in [-0.15, -0.1) is 0 Å². The number of anilines is 1. The molecule has 1 aromatic rings. The molecule has 7 heteroatoms. The summed E-state index contributed by atoms with van der Waals surface area (Å²) in [7, 11) is -1.94. The van der Waals surface area contributed by atoms with Crippen LogP contribution < -0.4 is 10.0 Å². The molecule has 0 saturated carbocycles. The quantitative estimate of drug-likeness (QED) is 0.711. The van der Waals surface area contributed by atoms with Crippen molar-refractivity contribution in [2.45, 2.75) is 33.2 Å². The average molecular weight is 300 g/mol. The number of nitrogens with zero attached hydrogens (tertiary/aromatic N) is 2. The van der Waals surface area contributed by atoms with Gasteiger partial charge in [0.2, 0.25) is 0 Å². The summed E-state index contributed by atoms with van der Waals surface area (Å²) in [4.78, 5) is 4.06. The number of pyridine rings is 1. The first-order valence-corrected chi connectivity index (χ1v) is 8.15. The van der Waals surface area contributed by atoms with Gasteiger partial charge in [0.15, 0.2) is 0 Å². The summed E-state index contributed by atoms with van der Waals surface area (Å²) in [6, 6.07) is 3.88. The third kappa shape index (κ3) is 5.85. The third-order valence-electron chi connectivity index (χ3n) is 2.77. The van der Waals surface area contributed by atoms with Gasteiger partial charge in [-0.05, 0) is 32.0 Å². The molecule has 20 heavy (non-hydrogen) atoms. The Morgan fingerprint density at radius 2 is 2.05 bits per heavy atom. The van der Waals surface area contributed by atoms with Crippen LogP contribution in [-0.2, 0) is 10.2 Å². The van der Waals surface area contributed by atoms with Crippen LogP contribution in [0.3, 0.4) is 0 Å². The molecule has 0 amide bonds. The van der Waals surface area contributed by atoms with E-state index >= 15 is 0 Å². The van der Waals surface area contributed by atoms with E-state index in [9.17, 15) is 8.42 Å². The first-order chi connectivity index (χ1) is 9.31. The Morgan fingerprint density at radius 1 is 1.35 bits per heavy atom. The van der Waals surface area contributed by atoms with Crippen LogP contribution in [0.2, 0.25) is 0 Å². The highest BCUT2D eigenvalue weighted by molar-refractivity contribution is 7.90. The highest BCUT2D eigenvalue weighted by Crippen LogP contribution is 2.10. The van der Waals surface area contributed by atoms with Gasteiger partial charge in [-0.1, -0.05) is 13.8 Å². The van der Waals surface area contributed by atoms with Gasteiger partial charge in [-0.2, -0.15) is 12.7 Å². The van der Waals surface area contributed by atoms with Crippen LogP contribution in [-0.4, -0.2) is 43.9 Å². The molecule has 0 aliphatic heterocycles. The molecular formula is C13H24N4O2S. The molecule has 1 rings (SSSR count). The molecule has 0 fully saturated rings. The number of rotatable bonds is 8. The summed E-state index contributed by atoms with van der Waals surface area (Å²) in [6.45, 7) is 7.24. The predicted molar refractivity (Wildman–Crippen MR) is 81.9 cm³/mol. The Bertz CT molecular complexity index is 500. The van der Waals surface area contributed by atoms with E-state index < -0.39 is 10.2 Å². The van der Waals surface area contributed by atoms with Gasteiger partial charge in [0.1, 0.15) is 0 Å². The Balaban J connectivity index is 2.48. The van der Waals surface area contributed by atoms with E-state index in [2.05, 4.69) is 28.9 Å². The smallest absolute Gasteiger partial charge is 0.301 e. The number of aryl methyl sites for hydroxylation is 1. The lowest BCUT2D eigenvalue weighted by atomic mass is 10.3. The number of hydrogen-bond acceptors (Lipinski definition) is 4. The first kappa shape index (κ1) is 16.9. The van der Waals surface area contributed by atoms with Crippen molar-refractivity contribution in [3.8, 4) is 0 Å². The minimum absolute atomic E-state index is 0.411. The zero-order chi connectivity index (χ0) is 15.2. The maximum Gasteiger partial charge on any atom is 0.301 e. The second-order valence-electron chi connectivity index (χ2n) is 5.08. The monoisotopic (exact) mass is 300 g/mol. The molecule has 0 unspecified atom stereocenters. The van der Waals surface area contributed by atoms with Gasteiger partial charge in [-0.25, -0.2) is 0 Å². The summed E-state index contributed by atoms with van der Waals surface area (Å²) in [5.74, 6) is 0. The number of nitrogens with one attached hydrogen (secondary N) is 2. The lowest BCUT2D eigenvalue weighted by molar-refractivity contribution is 0.451. The van der Waals surface area contributed by atoms with Crippen molar-refractivity contribution in [1.82, 2.24) is 14.6 Å². The number of hydrogen-bond donors (Lipinski definition) is 2. The van der Waals surface area contributed by atoms with Gasteiger partial charge in [0.25, 0.3) is 0 Å². The van der Waals surface area contributed by atoms with E-state index in [4.69, 9.17) is 0 Å². The normalized spacial score (nSPS) is 12.1. The second kappa shape index (κ2) is 7.56. The van der Waals surface area contributed by atoms with E-state index in [1.165, 1.54) is 10.5 Å². The zero-order valence-corrected chi connectivity index (χ0v) is 13.4. The van der Waals surface area contributed by atoms with E-state index in [1.54, 1.807) is 19.2 Å². The van der Waals surface area contributed by atoms with Crippen molar-refractivity contribution >= 4 is 15.9 Å². The minimum Gasteiger partial charge on any atom is -0.314 e. The Hall–Kier alpha value is -1.18. The topological polar surface area (TPSA) is 74.3 Å². The van der Waals surface area contributed by atoms with E-state index in [-0.39, 0.29) is 0 Å². The summed E-state index contributed by atoms with van der Waals surface area (Å²) in [5.41, 5.74) is 1.32. The third-order valence-corrected chi connectivity index (χ3v) is 4.27. The van der Waals surface area contributed by atoms with E-state index in [1.807, 2.05) is 6.92 Å². The summed E-state index contributed by atoms with van der Waals surface area (Å²) < 4.78 is 28.0.